The van der Waals surface area contributed by atoms with Crippen LogP contribution in [-0.2, 0) is 10.0 Å². The molecule has 120 valence electrons. The van der Waals surface area contributed by atoms with E-state index in [1.165, 1.54) is 34.8 Å². The number of nitrogens with zero attached hydrogens (tertiary/aromatic N) is 3. The Morgan fingerprint density at radius 3 is 2.18 bits per heavy atom. The maximum atomic E-state index is 12.1. The molecule has 0 saturated carbocycles. The molecular weight excluding hydrogens is 310 g/mol. The fourth-order valence-electron chi connectivity index (χ4n) is 2.28. The van der Waals surface area contributed by atoms with Gasteiger partial charge in [-0.25, -0.2) is 8.42 Å². The van der Waals surface area contributed by atoms with E-state index in [1.54, 1.807) is 0 Å². The lowest BCUT2D eigenvalue weighted by molar-refractivity contribution is -0.384. The van der Waals surface area contributed by atoms with Crippen molar-refractivity contribution in [2.24, 2.45) is 0 Å². The number of nitro benzene ring substituents is 1. The lowest BCUT2D eigenvalue weighted by Crippen LogP contribution is -2.49. The van der Waals surface area contributed by atoms with Gasteiger partial charge in [0.1, 0.15) is 0 Å². The summed E-state index contributed by atoms with van der Waals surface area (Å²) in [6, 6.07) is 5.48. The minimum Gasteiger partial charge on any atom is -0.293 e. The molecule has 2 rings (SSSR count). The molecule has 1 aromatic rings. The highest BCUT2D eigenvalue weighted by molar-refractivity contribution is 7.88. The monoisotopic (exact) mass is 327 g/mol. The molecule has 0 radical (unpaired) electrons. The number of sulfonamides is 1. The number of nitro groups is 1. The fraction of sp³-hybridized carbons (Fsp3) is 0.462. The van der Waals surface area contributed by atoms with Gasteiger partial charge in [-0.2, -0.15) is 4.31 Å². The minimum absolute atomic E-state index is 0.0571. The third-order valence-electron chi connectivity index (χ3n) is 3.57. The summed E-state index contributed by atoms with van der Waals surface area (Å²) in [5.74, 6) is -0.136. The Labute approximate surface area is 128 Å². The Balaban J connectivity index is 1.92. The molecular formula is C13H17N3O5S. The van der Waals surface area contributed by atoms with Crippen LogP contribution in [0.3, 0.4) is 0 Å². The minimum atomic E-state index is -3.18. The Morgan fingerprint density at radius 2 is 1.73 bits per heavy atom. The van der Waals surface area contributed by atoms with E-state index >= 15 is 0 Å². The van der Waals surface area contributed by atoms with Gasteiger partial charge in [0.2, 0.25) is 10.0 Å². The van der Waals surface area contributed by atoms with Crippen LogP contribution >= 0.6 is 0 Å². The van der Waals surface area contributed by atoms with Crippen molar-refractivity contribution < 1.29 is 18.1 Å². The lowest BCUT2D eigenvalue weighted by Gasteiger charge is -2.32. The normalized spacial score (nSPS) is 17.3. The van der Waals surface area contributed by atoms with Gasteiger partial charge in [-0.3, -0.25) is 19.8 Å². The Bertz CT molecular complexity index is 663. The van der Waals surface area contributed by atoms with Crippen LogP contribution in [0.25, 0.3) is 0 Å². The predicted molar refractivity (Wildman–Crippen MR) is 80.3 cm³/mol. The molecule has 1 saturated heterocycles. The largest absolute Gasteiger partial charge is 0.293 e. The number of benzene rings is 1. The number of Topliss-reactive ketones (excluding diaryl/α,β-unsaturated/α-hetero) is 1. The average Bonchev–Trinajstić information content (AvgIpc) is 2.47. The van der Waals surface area contributed by atoms with E-state index in [2.05, 4.69) is 0 Å². The third kappa shape index (κ3) is 4.09. The second-order valence-corrected chi connectivity index (χ2v) is 7.15. The number of ketones is 1. The average molecular weight is 327 g/mol. The van der Waals surface area contributed by atoms with E-state index in [1.807, 2.05) is 4.90 Å². The van der Waals surface area contributed by atoms with Crippen LogP contribution in [0, 0.1) is 10.1 Å². The topological polar surface area (TPSA) is 101 Å². The summed E-state index contributed by atoms with van der Waals surface area (Å²) >= 11 is 0. The number of carbonyl (C=O) groups is 1. The number of hydrogen-bond acceptors (Lipinski definition) is 6. The van der Waals surface area contributed by atoms with Gasteiger partial charge in [0, 0.05) is 43.9 Å². The SMILES string of the molecule is CS(=O)(=O)N1CCN(CC(=O)c2ccc([N+](=O)[O-])cc2)CC1. The molecule has 22 heavy (non-hydrogen) atoms. The van der Waals surface area contributed by atoms with E-state index in [-0.39, 0.29) is 18.0 Å². The molecule has 8 nitrogen and oxygen atoms in total. The fourth-order valence-corrected chi connectivity index (χ4v) is 3.11. The molecule has 0 unspecified atom stereocenters. The van der Waals surface area contributed by atoms with E-state index in [0.29, 0.717) is 31.7 Å². The Morgan fingerprint density at radius 1 is 1.18 bits per heavy atom. The zero-order chi connectivity index (χ0) is 16.3. The van der Waals surface area contributed by atoms with Gasteiger partial charge in [-0.05, 0) is 12.1 Å². The lowest BCUT2D eigenvalue weighted by atomic mass is 10.1. The first-order valence-corrected chi connectivity index (χ1v) is 8.57. The quantitative estimate of drug-likeness (QED) is 0.439. The maximum absolute atomic E-state index is 12.1. The second-order valence-electron chi connectivity index (χ2n) is 5.17. The molecule has 0 atom stereocenters. The highest BCUT2D eigenvalue weighted by atomic mass is 32.2. The molecule has 1 heterocycles. The Hall–Kier alpha value is -1.84. The summed E-state index contributed by atoms with van der Waals surface area (Å²) in [4.78, 5) is 24.1. The number of rotatable bonds is 5. The Kier molecular flexibility index (Phi) is 4.89. The molecule has 0 amide bonds. The molecule has 1 fully saturated rings. The molecule has 1 aliphatic heterocycles. The van der Waals surface area contributed by atoms with E-state index < -0.39 is 14.9 Å². The van der Waals surface area contributed by atoms with E-state index in [9.17, 15) is 23.3 Å². The molecule has 9 heteroatoms. The summed E-state index contributed by atoms with van der Waals surface area (Å²) in [5.41, 5.74) is 0.356. The molecule has 0 aromatic heterocycles. The highest BCUT2D eigenvalue weighted by Gasteiger charge is 2.24. The van der Waals surface area contributed by atoms with Crippen LogP contribution in [0.5, 0.6) is 0 Å². The number of carbonyl (C=O) groups excluding carboxylic acids is 1. The van der Waals surface area contributed by atoms with Crippen molar-refractivity contribution in [1.29, 1.82) is 0 Å². The summed E-state index contributed by atoms with van der Waals surface area (Å²) < 4.78 is 24.2. The smallest absolute Gasteiger partial charge is 0.269 e. The molecule has 0 aliphatic carbocycles. The highest BCUT2D eigenvalue weighted by Crippen LogP contribution is 2.13. The number of piperazine rings is 1. The van der Waals surface area contributed by atoms with Crippen molar-refractivity contribution in [2.45, 2.75) is 0 Å². The zero-order valence-electron chi connectivity index (χ0n) is 12.1. The summed E-state index contributed by atoms with van der Waals surface area (Å²) in [5, 5.41) is 10.6. The molecule has 0 bridgehead atoms. The van der Waals surface area contributed by atoms with Crippen molar-refractivity contribution in [3.8, 4) is 0 Å². The van der Waals surface area contributed by atoms with Gasteiger partial charge in [-0.15, -0.1) is 0 Å². The van der Waals surface area contributed by atoms with Gasteiger partial charge < -0.3 is 0 Å². The first-order valence-electron chi connectivity index (χ1n) is 6.72. The van der Waals surface area contributed by atoms with E-state index in [0.717, 1.165) is 0 Å². The van der Waals surface area contributed by atoms with Crippen molar-refractivity contribution in [2.75, 3.05) is 39.0 Å². The van der Waals surface area contributed by atoms with Gasteiger partial charge in [0.15, 0.2) is 5.78 Å². The van der Waals surface area contributed by atoms with Crippen LogP contribution in [0.2, 0.25) is 0 Å². The van der Waals surface area contributed by atoms with Crippen molar-refractivity contribution >= 4 is 21.5 Å². The van der Waals surface area contributed by atoms with E-state index in [4.69, 9.17) is 0 Å². The first kappa shape index (κ1) is 16.5. The van der Waals surface area contributed by atoms with Crippen LogP contribution in [0.1, 0.15) is 10.4 Å². The van der Waals surface area contributed by atoms with Gasteiger partial charge in [0.05, 0.1) is 17.7 Å². The van der Waals surface area contributed by atoms with Crippen LogP contribution in [0.4, 0.5) is 5.69 Å². The van der Waals surface area contributed by atoms with Crippen molar-refractivity contribution in [3.05, 3.63) is 39.9 Å². The predicted octanol–water partition coefficient (Wildman–Crippen LogP) is 0.355. The second kappa shape index (κ2) is 6.51. The maximum Gasteiger partial charge on any atom is 0.269 e. The van der Waals surface area contributed by atoms with Crippen molar-refractivity contribution in [3.63, 3.8) is 0 Å². The summed E-state index contributed by atoms with van der Waals surface area (Å²) in [7, 11) is -3.18. The third-order valence-corrected chi connectivity index (χ3v) is 4.87. The number of non-ortho nitro benzene ring substituents is 1. The molecule has 0 spiro atoms. The van der Waals surface area contributed by atoms with Gasteiger partial charge in [-0.1, -0.05) is 0 Å². The van der Waals surface area contributed by atoms with Gasteiger partial charge >= 0.3 is 0 Å². The number of hydrogen-bond donors (Lipinski definition) is 0. The van der Waals surface area contributed by atoms with Crippen LogP contribution < -0.4 is 0 Å². The van der Waals surface area contributed by atoms with Crippen molar-refractivity contribution in [1.82, 2.24) is 9.21 Å². The summed E-state index contributed by atoms with van der Waals surface area (Å²) in [6.45, 7) is 1.89. The molecule has 0 N–H and O–H groups in total. The first-order chi connectivity index (χ1) is 10.3. The van der Waals surface area contributed by atoms with Gasteiger partial charge in [0.25, 0.3) is 5.69 Å². The zero-order valence-corrected chi connectivity index (χ0v) is 13.0. The van der Waals surface area contributed by atoms with Crippen LogP contribution in [0.15, 0.2) is 24.3 Å². The summed E-state index contributed by atoms with van der Waals surface area (Å²) in [6.07, 6.45) is 1.17. The molecule has 1 aliphatic rings. The standard InChI is InChI=1S/C13H17N3O5S/c1-22(20,21)15-8-6-14(7-9-15)10-13(17)11-2-4-12(5-3-11)16(18)19/h2-5H,6-10H2,1H3. The molecule has 1 aromatic carbocycles. The van der Waals surface area contributed by atoms with Crippen LogP contribution in [-0.4, -0.2) is 67.3 Å².